The summed E-state index contributed by atoms with van der Waals surface area (Å²) >= 11 is 0. The largest absolute Gasteiger partial charge is 0.395 e. The molecule has 0 saturated carbocycles. The lowest BCUT2D eigenvalue weighted by molar-refractivity contribution is 0.0832. The van der Waals surface area contributed by atoms with Crippen molar-refractivity contribution in [3.05, 3.63) is 18.2 Å². The van der Waals surface area contributed by atoms with Crippen LogP contribution < -0.4 is 0 Å². The Morgan fingerprint density at radius 1 is 1.57 bits per heavy atom. The second-order valence-electron chi connectivity index (χ2n) is 3.88. The van der Waals surface area contributed by atoms with Gasteiger partial charge < -0.3 is 10.1 Å². The van der Waals surface area contributed by atoms with Gasteiger partial charge in [0.15, 0.2) is 0 Å². The van der Waals surface area contributed by atoms with Crippen LogP contribution in [0.1, 0.15) is 25.0 Å². The average Bonchev–Trinajstić information content (AvgIpc) is 2.71. The number of imidazole rings is 1. The van der Waals surface area contributed by atoms with E-state index in [9.17, 15) is 5.11 Å². The Kier molecular flexibility index (Phi) is 3.16. The van der Waals surface area contributed by atoms with Gasteiger partial charge in [0.1, 0.15) is 0 Å². The van der Waals surface area contributed by atoms with Gasteiger partial charge in [-0.2, -0.15) is 0 Å². The van der Waals surface area contributed by atoms with Crippen molar-refractivity contribution in [1.29, 1.82) is 0 Å². The number of aromatic amines is 1. The Hall–Kier alpha value is -0.870. The zero-order chi connectivity index (χ0) is 9.80. The molecule has 0 bridgehead atoms. The normalized spacial score (nSPS) is 23.9. The van der Waals surface area contributed by atoms with Crippen LogP contribution in [0.25, 0.3) is 0 Å². The lowest BCUT2D eigenvalue weighted by Gasteiger charge is -2.34. The fraction of sp³-hybridized carbons (Fsp3) is 0.700. The molecule has 1 fully saturated rings. The third-order valence-electron chi connectivity index (χ3n) is 2.89. The van der Waals surface area contributed by atoms with E-state index >= 15 is 0 Å². The third-order valence-corrected chi connectivity index (χ3v) is 2.89. The average molecular weight is 195 g/mol. The summed E-state index contributed by atoms with van der Waals surface area (Å²) in [6, 6.07) is 0.340. The van der Waals surface area contributed by atoms with Gasteiger partial charge in [-0.25, -0.2) is 4.98 Å². The molecule has 0 aliphatic carbocycles. The maximum absolute atomic E-state index is 9.22. The molecule has 0 radical (unpaired) electrons. The SMILES string of the molecule is OCC1CCCCN1Cc1cnc[nH]1. The zero-order valence-corrected chi connectivity index (χ0v) is 8.32. The molecule has 4 heteroatoms. The number of aromatic nitrogens is 2. The van der Waals surface area contributed by atoms with E-state index in [0.717, 1.165) is 25.2 Å². The molecule has 14 heavy (non-hydrogen) atoms. The fourth-order valence-electron chi connectivity index (χ4n) is 2.06. The van der Waals surface area contributed by atoms with Gasteiger partial charge in [-0.3, -0.25) is 4.90 Å². The van der Waals surface area contributed by atoms with E-state index in [0.29, 0.717) is 6.04 Å². The molecule has 0 spiro atoms. The number of hydrogen-bond donors (Lipinski definition) is 2. The molecule has 1 atom stereocenters. The van der Waals surface area contributed by atoms with Gasteiger partial charge in [0.25, 0.3) is 0 Å². The van der Waals surface area contributed by atoms with Crippen LogP contribution >= 0.6 is 0 Å². The van der Waals surface area contributed by atoms with Gasteiger partial charge in [0.05, 0.1) is 12.9 Å². The van der Waals surface area contributed by atoms with E-state index in [-0.39, 0.29) is 6.61 Å². The highest BCUT2D eigenvalue weighted by atomic mass is 16.3. The predicted octanol–water partition coefficient (Wildman–Crippen LogP) is 0.756. The van der Waals surface area contributed by atoms with Crippen molar-refractivity contribution in [2.45, 2.75) is 31.8 Å². The standard InChI is InChI=1S/C10H17N3O/c14-7-10-3-1-2-4-13(10)6-9-5-11-8-12-9/h5,8,10,14H,1-4,6-7H2,(H,11,12). The third kappa shape index (κ3) is 2.13. The molecule has 1 aromatic heterocycles. The van der Waals surface area contributed by atoms with Crippen LogP contribution in [0.2, 0.25) is 0 Å². The minimum atomic E-state index is 0.272. The number of nitrogens with one attached hydrogen (secondary N) is 1. The highest BCUT2D eigenvalue weighted by Gasteiger charge is 2.21. The van der Waals surface area contributed by atoms with Crippen LogP contribution in [-0.2, 0) is 6.54 Å². The predicted molar refractivity (Wildman–Crippen MR) is 53.7 cm³/mol. The number of rotatable bonds is 3. The molecule has 1 saturated heterocycles. The minimum Gasteiger partial charge on any atom is -0.395 e. The van der Waals surface area contributed by atoms with E-state index in [1.54, 1.807) is 6.33 Å². The first-order valence-electron chi connectivity index (χ1n) is 5.22. The molecule has 0 aromatic carbocycles. The first-order valence-corrected chi connectivity index (χ1v) is 5.22. The molecule has 1 unspecified atom stereocenters. The molecule has 2 heterocycles. The molecule has 0 amide bonds. The van der Waals surface area contributed by atoms with Crippen molar-refractivity contribution in [3.8, 4) is 0 Å². The summed E-state index contributed by atoms with van der Waals surface area (Å²) in [6.45, 7) is 2.24. The molecule has 1 aliphatic rings. The highest BCUT2D eigenvalue weighted by molar-refractivity contribution is 4.95. The van der Waals surface area contributed by atoms with E-state index in [1.165, 1.54) is 12.8 Å². The van der Waals surface area contributed by atoms with Gasteiger partial charge in [-0.1, -0.05) is 6.42 Å². The molecule has 2 rings (SSSR count). The van der Waals surface area contributed by atoms with E-state index in [2.05, 4.69) is 14.9 Å². The van der Waals surface area contributed by atoms with Crippen LogP contribution in [0.15, 0.2) is 12.5 Å². The fourth-order valence-corrected chi connectivity index (χ4v) is 2.06. The second kappa shape index (κ2) is 4.57. The first kappa shape index (κ1) is 9.68. The van der Waals surface area contributed by atoms with Gasteiger partial charge >= 0.3 is 0 Å². The maximum atomic E-state index is 9.22. The number of hydrogen-bond acceptors (Lipinski definition) is 3. The van der Waals surface area contributed by atoms with Crippen molar-refractivity contribution in [2.75, 3.05) is 13.2 Å². The number of H-pyrrole nitrogens is 1. The summed E-state index contributed by atoms with van der Waals surface area (Å²) in [6.07, 6.45) is 7.15. The molecular formula is C10H17N3O. The number of piperidine rings is 1. The lowest BCUT2D eigenvalue weighted by atomic mass is 10.0. The molecule has 4 nitrogen and oxygen atoms in total. The van der Waals surface area contributed by atoms with Crippen molar-refractivity contribution >= 4 is 0 Å². The Bertz CT molecular complexity index is 260. The smallest absolute Gasteiger partial charge is 0.0922 e. The van der Waals surface area contributed by atoms with Crippen LogP contribution in [0, 0.1) is 0 Å². The summed E-state index contributed by atoms with van der Waals surface area (Å²) in [5.74, 6) is 0. The first-order chi connectivity index (χ1) is 6.90. The van der Waals surface area contributed by atoms with E-state index < -0.39 is 0 Å². The van der Waals surface area contributed by atoms with Crippen LogP contribution in [0.5, 0.6) is 0 Å². The Balaban J connectivity index is 1.94. The highest BCUT2D eigenvalue weighted by Crippen LogP contribution is 2.18. The van der Waals surface area contributed by atoms with E-state index in [4.69, 9.17) is 0 Å². The number of aliphatic hydroxyl groups excluding tert-OH is 1. The van der Waals surface area contributed by atoms with Gasteiger partial charge in [0.2, 0.25) is 0 Å². The van der Waals surface area contributed by atoms with Gasteiger partial charge in [-0.05, 0) is 19.4 Å². The summed E-state index contributed by atoms with van der Waals surface area (Å²) in [4.78, 5) is 9.42. The molecule has 1 aliphatic heterocycles. The summed E-state index contributed by atoms with van der Waals surface area (Å²) < 4.78 is 0. The molecule has 78 valence electrons. The monoisotopic (exact) mass is 195 g/mol. The lowest BCUT2D eigenvalue weighted by Crippen LogP contribution is -2.41. The Labute approximate surface area is 84.0 Å². The quantitative estimate of drug-likeness (QED) is 0.748. The Morgan fingerprint density at radius 2 is 2.50 bits per heavy atom. The summed E-state index contributed by atoms with van der Waals surface area (Å²) in [7, 11) is 0. The van der Waals surface area contributed by atoms with Gasteiger partial charge in [-0.15, -0.1) is 0 Å². The number of aliphatic hydroxyl groups is 1. The topological polar surface area (TPSA) is 52.1 Å². The maximum Gasteiger partial charge on any atom is 0.0922 e. The zero-order valence-electron chi connectivity index (χ0n) is 8.32. The minimum absolute atomic E-state index is 0.272. The molecular weight excluding hydrogens is 178 g/mol. The number of nitrogens with zero attached hydrogens (tertiary/aromatic N) is 2. The summed E-state index contributed by atoms with van der Waals surface area (Å²) in [5.41, 5.74) is 1.13. The molecule has 1 aromatic rings. The Morgan fingerprint density at radius 3 is 3.21 bits per heavy atom. The molecule has 2 N–H and O–H groups in total. The second-order valence-corrected chi connectivity index (χ2v) is 3.88. The van der Waals surface area contributed by atoms with E-state index in [1.807, 2.05) is 6.20 Å². The van der Waals surface area contributed by atoms with Crippen LogP contribution in [0.4, 0.5) is 0 Å². The summed E-state index contributed by atoms with van der Waals surface area (Å²) in [5, 5.41) is 9.22. The van der Waals surface area contributed by atoms with Crippen molar-refractivity contribution in [1.82, 2.24) is 14.9 Å². The van der Waals surface area contributed by atoms with Crippen LogP contribution in [0.3, 0.4) is 0 Å². The van der Waals surface area contributed by atoms with Crippen molar-refractivity contribution in [2.24, 2.45) is 0 Å². The van der Waals surface area contributed by atoms with Gasteiger partial charge in [0, 0.05) is 24.5 Å². The van der Waals surface area contributed by atoms with Crippen molar-refractivity contribution < 1.29 is 5.11 Å². The number of likely N-dealkylation sites (tertiary alicyclic amines) is 1. The van der Waals surface area contributed by atoms with Crippen molar-refractivity contribution in [3.63, 3.8) is 0 Å². The van der Waals surface area contributed by atoms with Crippen LogP contribution in [-0.4, -0.2) is 39.2 Å².